The minimum absolute atomic E-state index is 0.194. The van der Waals surface area contributed by atoms with Crippen LogP contribution >= 0.6 is 22.9 Å². The number of hydrogen-bond donors (Lipinski definition) is 1. The number of hydrogen-bond acceptors (Lipinski definition) is 4. The molecule has 0 saturated heterocycles. The zero-order valence-corrected chi connectivity index (χ0v) is 17.4. The summed E-state index contributed by atoms with van der Waals surface area (Å²) in [6.45, 7) is 0.0502. The van der Waals surface area contributed by atoms with E-state index < -0.39 is 5.69 Å². The van der Waals surface area contributed by atoms with Crippen molar-refractivity contribution in [3.8, 4) is 0 Å². The molecule has 152 valence electrons. The monoisotopic (exact) mass is 439 g/mol. The standard InChI is InChI=1S/C22H18ClN3O3S/c23-16-6-8-17(9-7-16)24-19(27)14-26-18-11-13-30-20(18)21(28)25(22(26)29)12-10-15-4-2-1-3-5-15/h1-9,11,13H,10,12,14H2,(H,24,27). The SMILES string of the molecule is O=C(Cn1c(=O)n(CCc2ccccc2)c(=O)c2sccc21)Nc1ccc(Cl)cc1. The van der Waals surface area contributed by atoms with Crippen molar-refractivity contribution in [2.24, 2.45) is 0 Å². The lowest BCUT2D eigenvalue weighted by Gasteiger charge is -2.12. The quantitative estimate of drug-likeness (QED) is 0.497. The van der Waals surface area contributed by atoms with Crippen LogP contribution in [-0.2, 0) is 24.3 Å². The number of nitrogens with zero attached hydrogens (tertiary/aromatic N) is 2. The van der Waals surface area contributed by atoms with Gasteiger partial charge >= 0.3 is 5.69 Å². The average molecular weight is 440 g/mol. The number of rotatable bonds is 6. The molecule has 1 N–H and O–H groups in total. The normalized spacial score (nSPS) is 11.0. The van der Waals surface area contributed by atoms with Crippen molar-refractivity contribution in [1.29, 1.82) is 0 Å². The largest absolute Gasteiger partial charge is 0.332 e. The molecule has 0 aliphatic rings. The number of nitrogens with one attached hydrogen (secondary N) is 1. The molecule has 30 heavy (non-hydrogen) atoms. The van der Waals surface area contributed by atoms with Crippen LogP contribution in [0, 0.1) is 0 Å². The van der Waals surface area contributed by atoms with E-state index in [1.54, 1.807) is 35.7 Å². The van der Waals surface area contributed by atoms with Gasteiger partial charge in [-0.15, -0.1) is 11.3 Å². The third-order valence-electron chi connectivity index (χ3n) is 4.73. The first kappa shape index (κ1) is 20.1. The second-order valence-corrected chi connectivity index (χ2v) is 8.10. The summed E-state index contributed by atoms with van der Waals surface area (Å²) < 4.78 is 3.02. The van der Waals surface area contributed by atoms with Crippen LogP contribution in [0.25, 0.3) is 10.2 Å². The first-order valence-corrected chi connectivity index (χ1v) is 10.6. The maximum absolute atomic E-state index is 13.1. The van der Waals surface area contributed by atoms with E-state index in [1.807, 2.05) is 30.3 Å². The number of aryl methyl sites for hydroxylation is 1. The molecule has 0 atom stereocenters. The van der Waals surface area contributed by atoms with Crippen molar-refractivity contribution in [1.82, 2.24) is 9.13 Å². The molecule has 4 aromatic rings. The van der Waals surface area contributed by atoms with E-state index in [4.69, 9.17) is 11.6 Å². The highest BCUT2D eigenvalue weighted by Crippen LogP contribution is 2.16. The van der Waals surface area contributed by atoms with Crippen LogP contribution in [0.4, 0.5) is 5.69 Å². The second kappa shape index (κ2) is 8.69. The molecule has 2 aromatic carbocycles. The Kier molecular flexibility index (Phi) is 5.83. The number of carbonyl (C=O) groups excluding carboxylic acids is 1. The second-order valence-electron chi connectivity index (χ2n) is 6.75. The van der Waals surface area contributed by atoms with E-state index in [-0.39, 0.29) is 24.6 Å². The third kappa shape index (κ3) is 4.22. The Labute approximate surface area is 181 Å². The Morgan fingerprint density at radius 2 is 1.70 bits per heavy atom. The van der Waals surface area contributed by atoms with Gasteiger partial charge in [-0.3, -0.25) is 18.7 Å². The lowest BCUT2D eigenvalue weighted by molar-refractivity contribution is -0.116. The number of thiophene rings is 1. The van der Waals surface area contributed by atoms with Gasteiger partial charge in [-0.25, -0.2) is 4.79 Å². The molecule has 0 aliphatic heterocycles. The molecule has 0 spiro atoms. The number of anilines is 1. The Balaban J connectivity index is 1.64. The van der Waals surface area contributed by atoms with E-state index >= 15 is 0 Å². The predicted octanol–water partition coefficient (Wildman–Crippen LogP) is 3.76. The van der Waals surface area contributed by atoms with Crippen LogP contribution in [-0.4, -0.2) is 15.0 Å². The molecule has 0 radical (unpaired) electrons. The predicted molar refractivity (Wildman–Crippen MR) is 121 cm³/mol. The summed E-state index contributed by atoms with van der Waals surface area (Å²) in [6, 6.07) is 18.1. The highest BCUT2D eigenvalue weighted by molar-refractivity contribution is 7.17. The smallest absolute Gasteiger partial charge is 0.325 e. The number of halogens is 1. The van der Waals surface area contributed by atoms with E-state index in [0.717, 1.165) is 5.56 Å². The zero-order chi connectivity index (χ0) is 21.1. The van der Waals surface area contributed by atoms with Crippen molar-refractivity contribution in [2.75, 3.05) is 5.32 Å². The summed E-state index contributed by atoms with van der Waals surface area (Å²) in [7, 11) is 0. The molecule has 1 amide bonds. The summed E-state index contributed by atoms with van der Waals surface area (Å²) in [5, 5.41) is 5.07. The molecule has 0 unspecified atom stereocenters. The topological polar surface area (TPSA) is 73.1 Å². The average Bonchev–Trinajstić information content (AvgIpc) is 3.24. The minimum Gasteiger partial charge on any atom is -0.325 e. The maximum atomic E-state index is 13.1. The van der Waals surface area contributed by atoms with Crippen LogP contribution in [0.15, 0.2) is 75.6 Å². The van der Waals surface area contributed by atoms with Crippen LogP contribution in [0.5, 0.6) is 0 Å². The molecule has 0 saturated carbocycles. The third-order valence-corrected chi connectivity index (χ3v) is 5.88. The van der Waals surface area contributed by atoms with Gasteiger partial charge in [-0.1, -0.05) is 41.9 Å². The molecule has 0 fully saturated rings. The van der Waals surface area contributed by atoms with Crippen LogP contribution in [0.1, 0.15) is 5.56 Å². The molecule has 2 heterocycles. The van der Waals surface area contributed by atoms with Crippen LogP contribution in [0.2, 0.25) is 5.02 Å². The molecule has 6 nitrogen and oxygen atoms in total. The number of carbonyl (C=O) groups is 1. The molecular formula is C22H18ClN3O3S. The van der Waals surface area contributed by atoms with Crippen molar-refractivity contribution >= 4 is 44.7 Å². The Bertz CT molecular complexity index is 1310. The maximum Gasteiger partial charge on any atom is 0.332 e. The molecule has 2 aromatic heterocycles. The van der Waals surface area contributed by atoms with E-state index in [9.17, 15) is 14.4 Å². The van der Waals surface area contributed by atoms with E-state index in [1.165, 1.54) is 20.5 Å². The van der Waals surface area contributed by atoms with Gasteiger partial charge in [0.2, 0.25) is 5.91 Å². The lowest BCUT2D eigenvalue weighted by atomic mass is 10.1. The number of aromatic nitrogens is 2. The fourth-order valence-corrected chi connectivity index (χ4v) is 4.22. The Morgan fingerprint density at radius 3 is 2.43 bits per heavy atom. The van der Waals surface area contributed by atoms with Crippen LogP contribution < -0.4 is 16.6 Å². The first-order valence-electron chi connectivity index (χ1n) is 9.33. The number of amides is 1. The van der Waals surface area contributed by atoms with Crippen molar-refractivity contribution in [2.45, 2.75) is 19.5 Å². The molecule has 0 aliphatic carbocycles. The van der Waals surface area contributed by atoms with Crippen molar-refractivity contribution < 1.29 is 4.79 Å². The van der Waals surface area contributed by atoms with Gasteiger partial charge in [0.15, 0.2) is 0 Å². The van der Waals surface area contributed by atoms with Gasteiger partial charge in [-0.05, 0) is 47.7 Å². The summed E-state index contributed by atoms with van der Waals surface area (Å²) in [5.74, 6) is -0.361. The highest BCUT2D eigenvalue weighted by atomic mass is 35.5. The fraction of sp³-hybridized carbons (Fsp3) is 0.136. The highest BCUT2D eigenvalue weighted by Gasteiger charge is 2.16. The van der Waals surface area contributed by atoms with Gasteiger partial charge in [0.25, 0.3) is 5.56 Å². The van der Waals surface area contributed by atoms with Gasteiger partial charge in [0, 0.05) is 17.3 Å². The summed E-state index contributed by atoms with van der Waals surface area (Å²) in [5.41, 5.74) is 1.26. The molecular weight excluding hydrogens is 422 g/mol. The van der Waals surface area contributed by atoms with Gasteiger partial charge in [0.1, 0.15) is 11.2 Å². The molecule has 4 rings (SSSR count). The van der Waals surface area contributed by atoms with E-state index in [2.05, 4.69) is 5.32 Å². The summed E-state index contributed by atoms with van der Waals surface area (Å²) >= 11 is 7.13. The first-order chi connectivity index (χ1) is 14.5. The van der Waals surface area contributed by atoms with Gasteiger partial charge < -0.3 is 5.32 Å². The zero-order valence-electron chi connectivity index (χ0n) is 15.9. The van der Waals surface area contributed by atoms with E-state index in [0.29, 0.717) is 27.3 Å². The lowest BCUT2D eigenvalue weighted by Crippen LogP contribution is -2.41. The summed E-state index contributed by atoms with van der Waals surface area (Å²) in [4.78, 5) is 38.5. The van der Waals surface area contributed by atoms with Gasteiger partial charge in [0.05, 0.1) is 5.52 Å². The number of fused-ring (bicyclic) bond motifs is 1. The Morgan fingerprint density at radius 1 is 0.967 bits per heavy atom. The Hall–Kier alpha value is -3.16. The van der Waals surface area contributed by atoms with Gasteiger partial charge in [-0.2, -0.15) is 0 Å². The summed E-state index contributed by atoms with van der Waals surface area (Å²) in [6.07, 6.45) is 0.545. The van der Waals surface area contributed by atoms with Crippen molar-refractivity contribution in [3.63, 3.8) is 0 Å². The molecule has 8 heteroatoms. The fourth-order valence-electron chi connectivity index (χ4n) is 3.25. The van der Waals surface area contributed by atoms with Crippen LogP contribution in [0.3, 0.4) is 0 Å². The van der Waals surface area contributed by atoms with Crippen molar-refractivity contribution in [3.05, 3.63) is 97.5 Å². The minimum atomic E-state index is -0.493. The number of benzene rings is 2. The molecule has 0 bridgehead atoms.